The molecule has 2 fully saturated rings. The predicted octanol–water partition coefficient (Wildman–Crippen LogP) is 2.50. The Labute approximate surface area is 140 Å². The van der Waals surface area contributed by atoms with Gasteiger partial charge in [0.1, 0.15) is 0 Å². The van der Waals surface area contributed by atoms with Crippen LogP contribution in [0.1, 0.15) is 36.7 Å². The van der Waals surface area contributed by atoms with Gasteiger partial charge in [0.15, 0.2) is 0 Å². The summed E-state index contributed by atoms with van der Waals surface area (Å²) in [5, 5.41) is -0.193. The number of hydrogen-bond acceptors (Lipinski definition) is 4. The fourth-order valence-electron chi connectivity index (χ4n) is 2.80. The Morgan fingerprint density at radius 2 is 1.74 bits per heavy atom. The lowest BCUT2D eigenvalue weighted by molar-refractivity contribution is -0.128. The van der Waals surface area contributed by atoms with E-state index >= 15 is 0 Å². The van der Waals surface area contributed by atoms with Gasteiger partial charge in [-0.15, -0.1) is 0 Å². The second kappa shape index (κ2) is 5.67. The number of likely N-dealkylation sites (tertiary alicyclic amines) is 1. The van der Waals surface area contributed by atoms with Crippen molar-refractivity contribution < 1.29 is 14.4 Å². The summed E-state index contributed by atoms with van der Waals surface area (Å²) in [4.78, 5) is 38.8. The molecule has 122 valence electrons. The summed E-state index contributed by atoms with van der Waals surface area (Å²) in [6, 6.07) is 7.49. The second-order valence-electron chi connectivity index (χ2n) is 7.01. The van der Waals surface area contributed by atoms with E-state index in [0.29, 0.717) is 18.7 Å². The van der Waals surface area contributed by atoms with E-state index in [0.717, 1.165) is 11.8 Å². The van der Waals surface area contributed by atoms with Crippen molar-refractivity contribution in [2.75, 3.05) is 18.8 Å². The standard InChI is InChI=1S/C17H20N2O3S/c1-17(2,3)12-6-4-11(5-7-12)15(21)18-8-13(9-18)19-14(20)10-23-16(19)22/h4-7,13H,8-10H2,1-3H3. The third kappa shape index (κ3) is 3.00. The summed E-state index contributed by atoms with van der Waals surface area (Å²) in [7, 11) is 0. The van der Waals surface area contributed by atoms with Crippen molar-refractivity contribution in [3.05, 3.63) is 35.4 Å². The van der Waals surface area contributed by atoms with Gasteiger partial charge < -0.3 is 4.90 Å². The normalized spacial score (nSPS) is 19.3. The minimum Gasteiger partial charge on any atom is -0.334 e. The van der Waals surface area contributed by atoms with Crippen LogP contribution in [0.4, 0.5) is 4.79 Å². The van der Waals surface area contributed by atoms with Crippen molar-refractivity contribution in [3.8, 4) is 0 Å². The molecule has 2 saturated heterocycles. The molecule has 23 heavy (non-hydrogen) atoms. The van der Waals surface area contributed by atoms with Gasteiger partial charge in [0.2, 0.25) is 5.91 Å². The molecule has 6 heteroatoms. The van der Waals surface area contributed by atoms with Crippen molar-refractivity contribution in [3.63, 3.8) is 0 Å². The predicted molar refractivity (Wildman–Crippen MR) is 89.5 cm³/mol. The highest BCUT2D eigenvalue weighted by Gasteiger charge is 2.43. The van der Waals surface area contributed by atoms with Crippen molar-refractivity contribution >= 4 is 28.8 Å². The summed E-state index contributed by atoms with van der Waals surface area (Å²) in [5.41, 5.74) is 1.88. The number of rotatable bonds is 2. The molecule has 0 spiro atoms. The molecule has 0 atom stereocenters. The number of imide groups is 1. The lowest BCUT2D eigenvalue weighted by Gasteiger charge is -2.42. The van der Waals surface area contributed by atoms with Gasteiger partial charge in [-0.25, -0.2) is 0 Å². The Kier molecular flexibility index (Phi) is 3.96. The van der Waals surface area contributed by atoms with E-state index in [-0.39, 0.29) is 34.3 Å². The molecule has 3 rings (SSSR count). The molecule has 0 radical (unpaired) electrons. The Morgan fingerprint density at radius 1 is 1.13 bits per heavy atom. The highest BCUT2D eigenvalue weighted by molar-refractivity contribution is 8.14. The molecule has 2 aliphatic heterocycles. The SMILES string of the molecule is CC(C)(C)c1ccc(C(=O)N2CC(N3C(=O)CSC3=O)C2)cc1. The lowest BCUT2D eigenvalue weighted by atomic mass is 9.86. The van der Waals surface area contributed by atoms with E-state index in [1.165, 1.54) is 10.5 Å². The number of benzene rings is 1. The minimum atomic E-state index is -0.193. The largest absolute Gasteiger partial charge is 0.334 e. The molecule has 0 bridgehead atoms. The van der Waals surface area contributed by atoms with Crippen LogP contribution in [0.5, 0.6) is 0 Å². The maximum Gasteiger partial charge on any atom is 0.289 e. The average Bonchev–Trinajstić information content (AvgIpc) is 2.77. The van der Waals surface area contributed by atoms with Crippen LogP contribution in [0, 0.1) is 0 Å². The summed E-state index contributed by atoms with van der Waals surface area (Å²) in [6.45, 7) is 7.25. The Balaban J connectivity index is 1.63. The van der Waals surface area contributed by atoms with Gasteiger partial charge in [-0.05, 0) is 23.1 Å². The number of hydrogen-bond donors (Lipinski definition) is 0. The molecule has 0 unspecified atom stereocenters. The van der Waals surface area contributed by atoms with E-state index in [1.807, 2.05) is 24.3 Å². The minimum absolute atomic E-state index is 0.0477. The van der Waals surface area contributed by atoms with Crippen LogP contribution in [-0.4, -0.2) is 51.7 Å². The zero-order valence-electron chi connectivity index (χ0n) is 13.5. The van der Waals surface area contributed by atoms with Gasteiger partial charge in [-0.3, -0.25) is 19.3 Å². The van der Waals surface area contributed by atoms with E-state index in [9.17, 15) is 14.4 Å². The second-order valence-corrected chi connectivity index (χ2v) is 7.94. The van der Waals surface area contributed by atoms with Crippen LogP contribution in [0.15, 0.2) is 24.3 Å². The summed E-state index contributed by atoms with van der Waals surface area (Å²) in [6.07, 6.45) is 0. The van der Waals surface area contributed by atoms with Gasteiger partial charge in [-0.2, -0.15) is 0 Å². The summed E-state index contributed by atoms with van der Waals surface area (Å²) in [5.74, 6) is 0.0254. The summed E-state index contributed by atoms with van der Waals surface area (Å²) < 4.78 is 0. The van der Waals surface area contributed by atoms with E-state index in [2.05, 4.69) is 20.8 Å². The van der Waals surface area contributed by atoms with Crippen molar-refractivity contribution in [1.29, 1.82) is 0 Å². The summed E-state index contributed by atoms with van der Waals surface area (Å²) >= 11 is 1.03. The maximum atomic E-state index is 12.4. The molecule has 3 amide bonds. The maximum absolute atomic E-state index is 12.4. The molecule has 2 heterocycles. The van der Waals surface area contributed by atoms with Crippen molar-refractivity contribution in [2.45, 2.75) is 32.2 Å². The van der Waals surface area contributed by atoms with Crippen LogP contribution in [0.3, 0.4) is 0 Å². The first kappa shape index (κ1) is 16.1. The quantitative estimate of drug-likeness (QED) is 0.835. The molecular formula is C17H20N2O3S. The van der Waals surface area contributed by atoms with Gasteiger partial charge in [0.05, 0.1) is 11.8 Å². The third-order valence-corrected chi connectivity index (χ3v) is 5.13. The first-order valence-corrected chi connectivity index (χ1v) is 8.64. The number of nitrogens with zero attached hydrogens (tertiary/aromatic N) is 2. The van der Waals surface area contributed by atoms with Crippen LogP contribution in [0.2, 0.25) is 0 Å². The first-order valence-electron chi connectivity index (χ1n) is 7.66. The lowest BCUT2D eigenvalue weighted by Crippen LogP contribution is -2.62. The molecule has 0 aliphatic carbocycles. The molecule has 0 N–H and O–H groups in total. The smallest absolute Gasteiger partial charge is 0.289 e. The van der Waals surface area contributed by atoms with Crippen molar-refractivity contribution in [2.24, 2.45) is 0 Å². The van der Waals surface area contributed by atoms with Gasteiger partial charge in [0.25, 0.3) is 11.1 Å². The Bertz CT molecular complexity index is 641. The number of amides is 3. The topological polar surface area (TPSA) is 57.7 Å². The van der Waals surface area contributed by atoms with Crippen LogP contribution in [0.25, 0.3) is 0 Å². The number of thioether (sulfide) groups is 1. The first-order chi connectivity index (χ1) is 10.8. The van der Waals surface area contributed by atoms with E-state index in [1.54, 1.807) is 4.90 Å². The number of carbonyl (C=O) groups is 3. The molecule has 2 aliphatic rings. The van der Waals surface area contributed by atoms with Crippen LogP contribution < -0.4 is 0 Å². The van der Waals surface area contributed by atoms with E-state index < -0.39 is 0 Å². The molecule has 1 aromatic rings. The van der Waals surface area contributed by atoms with Crippen LogP contribution >= 0.6 is 11.8 Å². The molecule has 0 aromatic heterocycles. The highest BCUT2D eigenvalue weighted by atomic mass is 32.2. The fourth-order valence-corrected chi connectivity index (χ4v) is 3.57. The molecule has 5 nitrogen and oxygen atoms in total. The molecule has 1 aromatic carbocycles. The van der Waals surface area contributed by atoms with E-state index in [4.69, 9.17) is 0 Å². The average molecular weight is 332 g/mol. The van der Waals surface area contributed by atoms with Gasteiger partial charge in [0, 0.05) is 18.7 Å². The third-order valence-electron chi connectivity index (χ3n) is 4.30. The molecule has 0 saturated carbocycles. The van der Waals surface area contributed by atoms with Gasteiger partial charge >= 0.3 is 0 Å². The monoisotopic (exact) mass is 332 g/mol. The van der Waals surface area contributed by atoms with Crippen molar-refractivity contribution in [1.82, 2.24) is 9.80 Å². The highest BCUT2D eigenvalue weighted by Crippen LogP contribution is 2.27. The fraction of sp³-hybridized carbons (Fsp3) is 0.471. The number of carbonyl (C=O) groups excluding carboxylic acids is 3. The Hall–Kier alpha value is -1.82. The molecular weight excluding hydrogens is 312 g/mol. The zero-order valence-corrected chi connectivity index (χ0v) is 14.4. The van der Waals surface area contributed by atoms with Crippen LogP contribution in [-0.2, 0) is 10.2 Å². The van der Waals surface area contributed by atoms with Gasteiger partial charge in [-0.1, -0.05) is 44.7 Å². The Morgan fingerprint density at radius 3 is 2.22 bits per heavy atom. The zero-order chi connectivity index (χ0) is 16.8.